The van der Waals surface area contributed by atoms with E-state index in [1.54, 1.807) is 6.92 Å². The second-order valence-corrected chi connectivity index (χ2v) is 15.6. The Labute approximate surface area is 327 Å². The van der Waals surface area contributed by atoms with Gasteiger partial charge in [-0.3, -0.25) is 0 Å². The van der Waals surface area contributed by atoms with Crippen molar-refractivity contribution in [3.8, 4) is 77.9 Å². The van der Waals surface area contributed by atoms with Gasteiger partial charge in [0.05, 0.1) is 6.61 Å². The molecule has 0 fully saturated rings. The Balaban J connectivity index is 1.06. The van der Waals surface area contributed by atoms with Gasteiger partial charge in [-0.05, 0) is 142 Å². The largest absolute Gasteiger partial charge is 0.462 e. The third-order valence-electron chi connectivity index (χ3n) is 12.7. The second-order valence-electron chi connectivity index (χ2n) is 15.6. The minimum atomic E-state index is -0.498. The number of allylic oxidation sites excluding steroid dienone is 1. The number of carbonyl (C=O) groups excluding carboxylic acids is 1. The van der Waals surface area contributed by atoms with Crippen molar-refractivity contribution in [3.05, 3.63) is 182 Å². The van der Waals surface area contributed by atoms with Crippen molar-refractivity contribution >= 4 is 27.5 Å². The maximum atomic E-state index is 12.4. The summed E-state index contributed by atoms with van der Waals surface area (Å²) >= 11 is 0. The molecule has 8 aromatic carbocycles. The van der Waals surface area contributed by atoms with Crippen LogP contribution in [0.4, 0.5) is 0 Å². The summed E-state index contributed by atoms with van der Waals surface area (Å²) in [5.41, 5.74) is 20.1. The zero-order valence-corrected chi connectivity index (χ0v) is 31.3. The van der Waals surface area contributed by atoms with Crippen LogP contribution in [-0.2, 0) is 14.9 Å². The van der Waals surface area contributed by atoms with Crippen LogP contribution < -0.4 is 0 Å². The molecule has 0 aromatic heterocycles. The standard InChI is InChI=1S/C54H38O2/c1-4-54(28-11-29-56-53(55)32(2)3)49-30-33(35-24-26-47-39-14-7-5-12-37(39)45-18-9-16-43(35)51(45)47)20-22-41(49)42-23-21-34(31-50(42)54)36-25-27-48-40-15-8-6-13-38(40)46-19-10-17-44(36)52(46)48/h4-10,12-27,30-31H,1-2,11,28-29H2,3H3. The van der Waals surface area contributed by atoms with Gasteiger partial charge in [0.2, 0.25) is 0 Å². The van der Waals surface area contributed by atoms with E-state index in [0.717, 1.165) is 6.42 Å². The van der Waals surface area contributed by atoms with E-state index in [4.69, 9.17) is 4.74 Å². The van der Waals surface area contributed by atoms with Gasteiger partial charge in [0.15, 0.2) is 0 Å². The molecule has 0 atom stereocenters. The molecule has 0 saturated heterocycles. The molecule has 56 heavy (non-hydrogen) atoms. The molecule has 0 spiro atoms. The van der Waals surface area contributed by atoms with E-state index in [0.29, 0.717) is 18.6 Å². The Bertz CT molecular complexity index is 2810. The van der Waals surface area contributed by atoms with Crippen molar-refractivity contribution in [2.75, 3.05) is 6.61 Å². The smallest absolute Gasteiger partial charge is 0.333 e. The minimum Gasteiger partial charge on any atom is -0.462 e. The van der Waals surface area contributed by atoms with Gasteiger partial charge in [-0.1, -0.05) is 146 Å². The fourth-order valence-corrected chi connectivity index (χ4v) is 10.1. The number of esters is 1. The fourth-order valence-electron chi connectivity index (χ4n) is 10.1. The zero-order valence-electron chi connectivity index (χ0n) is 31.3. The van der Waals surface area contributed by atoms with Gasteiger partial charge in [-0.2, -0.15) is 0 Å². The molecule has 266 valence electrons. The van der Waals surface area contributed by atoms with Crippen LogP contribution in [0.5, 0.6) is 0 Å². The highest BCUT2D eigenvalue weighted by Crippen LogP contribution is 2.56. The maximum Gasteiger partial charge on any atom is 0.333 e. The van der Waals surface area contributed by atoms with Gasteiger partial charge in [0, 0.05) is 11.0 Å². The first-order chi connectivity index (χ1) is 27.5. The fraction of sp³-hybridized carbons (Fsp3) is 0.0926. The predicted octanol–water partition coefficient (Wildman–Crippen LogP) is 14.0. The lowest BCUT2D eigenvalue weighted by Gasteiger charge is -2.29. The highest BCUT2D eigenvalue weighted by molar-refractivity contribution is 6.20. The number of hydrogen-bond donors (Lipinski definition) is 0. The lowest BCUT2D eigenvalue weighted by atomic mass is 9.73. The number of hydrogen-bond acceptors (Lipinski definition) is 2. The Kier molecular flexibility index (Phi) is 7.06. The molecule has 2 nitrogen and oxygen atoms in total. The van der Waals surface area contributed by atoms with Crippen LogP contribution in [0.25, 0.3) is 99.4 Å². The number of carbonyl (C=O) groups is 1. The average Bonchev–Trinajstić information content (AvgIpc) is 3.85. The molecule has 0 bridgehead atoms. The van der Waals surface area contributed by atoms with E-state index in [1.807, 2.05) is 0 Å². The second kappa shape index (κ2) is 12.1. The van der Waals surface area contributed by atoms with Crippen molar-refractivity contribution in [2.45, 2.75) is 25.2 Å². The van der Waals surface area contributed by atoms with Crippen molar-refractivity contribution in [1.82, 2.24) is 0 Å². The summed E-state index contributed by atoms with van der Waals surface area (Å²) in [6.07, 6.45) is 3.56. The summed E-state index contributed by atoms with van der Waals surface area (Å²) in [5, 5.41) is 5.17. The van der Waals surface area contributed by atoms with Crippen LogP contribution in [-0.4, -0.2) is 12.6 Å². The van der Waals surface area contributed by atoms with Crippen LogP contribution >= 0.6 is 0 Å². The Morgan fingerprint density at radius 3 is 1.39 bits per heavy atom. The molecule has 0 unspecified atom stereocenters. The Morgan fingerprint density at radius 1 is 0.536 bits per heavy atom. The lowest BCUT2D eigenvalue weighted by Crippen LogP contribution is -2.23. The molecule has 0 saturated carbocycles. The summed E-state index contributed by atoms with van der Waals surface area (Å²) in [7, 11) is 0. The average molecular weight is 719 g/mol. The summed E-state index contributed by atoms with van der Waals surface area (Å²) in [5.74, 6) is -0.349. The van der Waals surface area contributed by atoms with Gasteiger partial charge in [0.1, 0.15) is 0 Å². The monoisotopic (exact) mass is 718 g/mol. The first kappa shape index (κ1) is 32.6. The normalized spacial score (nSPS) is 13.3. The van der Waals surface area contributed by atoms with Crippen molar-refractivity contribution < 1.29 is 9.53 Å². The van der Waals surface area contributed by atoms with Crippen LogP contribution in [0.15, 0.2) is 170 Å². The SMILES string of the molecule is C=CC1(CCCOC(=O)C(=C)C)c2cc(-c3ccc4c5c(cccc35)-c3ccccc3-4)ccc2-c2ccc(-c3ccc4c5c(cccc35)-c3ccccc3-4)cc21. The summed E-state index contributed by atoms with van der Waals surface area (Å²) in [4.78, 5) is 12.4. The molecule has 8 aromatic rings. The maximum absolute atomic E-state index is 12.4. The number of benzene rings is 8. The molecule has 3 aliphatic carbocycles. The predicted molar refractivity (Wildman–Crippen MR) is 233 cm³/mol. The molecule has 0 aliphatic heterocycles. The van der Waals surface area contributed by atoms with E-state index in [2.05, 4.69) is 165 Å². The molecule has 0 radical (unpaired) electrons. The van der Waals surface area contributed by atoms with Crippen molar-refractivity contribution in [1.29, 1.82) is 0 Å². The van der Waals surface area contributed by atoms with Gasteiger partial charge < -0.3 is 4.74 Å². The topological polar surface area (TPSA) is 26.3 Å². The summed E-state index contributed by atoms with van der Waals surface area (Å²) in [6, 6.07) is 54.1. The molecule has 3 aliphatic rings. The zero-order chi connectivity index (χ0) is 37.7. The molecular formula is C54H38O2. The summed E-state index contributed by atoms with van der Waals surface area (Å²) < 4.78 is 5.65. The van der Waals surface area contributed by atoms with Crippen LogP contribution in [0.2, 0.25) is 0 Å². The van der Waals surface area contributed by atoms with E-state index in [-0.39, 0.29) is 5.97 Å². The third-order valence-corrected chi connectivity index (χ3v) is 12.7. The molecule has 0 N–H and O–H groups in total. The van der Waals surface area contributed by atoms with Gasteiger partial charge in [0.25, 0.3) is 0 Å². The van der Waals surface area contributed by atoms with Gasteiger partial charge in [-0.15, -0.1) is 6.58 Å². The molecule has 0 heterocycles. The van der Waals surface area contributed by atoms with Crippen LogP contribution in [0, 0.1) is 0 Å². The van der Waals surface area contributed by atoms with E-state index in [9.17, 15) is 4.79 Å². The molecule has 11 rings (SSSR count). The van der Waals surface area contributed by atoms with Gasteiger partial charge in [-0.25, -0.2) is 4.79 Å². The van der Waals surface area contributed by atoms with Crippen molar-refractivity contribution in [3.63, 3.8) is 0 Å². The first-order valence-electron chi connectivity index (χ1n) is 19.5. The van der Waals surface area contributed by atoms with E-state index < -0.39 is 5.41 Å². The van der Waals surface area contributed by atoms with E-state index in [1.165, 1.54) is 111 Å². The molecule has 0 amide bonds. The number of ether oxygens (including phenoxy) is 1. The van der Waals surface area contributed by atoms with Crippen LogP contribution in [0.1, 0.15) is 30.9 Å². The van der Waals surface area contributed by atoms with E-state index >= 15 is 0 Å². The van der Waals surface area contributed by atoms with Crippen LogP contribution in [0.3, 0.4) is 0 Å². The highest BCUT2D eigenvalue weighted by Gasteiger charge is 2.41. The highest BCUT2D eigenvalue weighted by atomic mass is 16.5. The number of rotatable bonds is 8. The Hall–Kier alpha value is -6.77. The number of fused-ring (bicyclic) bond motifs is 9. The van der Waals surface area contributed by atoms with Gasteiger partial charge >= 0.3 is 5.97 Å². The lowest BCUT2D eigenvalue weighted by molar-refractivity contribution is -0.139. The first-order valence-corrected chi connectivity index (χ1v) is 19.5. The van der Waals surface area contributed by atoms with Crippen molar-refractivity contribution in [2.24, 2.45) is 0 Å². The quantitative estimate of drug-likeness (QED) is 0.0677. The third kappa shape index (κ3) is 4.47. The molecular weight excluding hydrogens is 681 g/mol. The summed E-state index contributed by atoms with van der Waals surface area (Å²) in [6.45, 7) is 10.3. The Morgan fingerprint density at radius 2 is 0.946 bits per heavy atom. The minimum absolute atomic E-state index is 0.316. The molecule has 2 heteroatoms.